The Balaban J connectivity index is 1.93. The number of benzene rings is 1. The number of fused-ring (bicyclic) bond motifs is 1. The maximum atomic E-state index is 12.6. The monoisotopic (exact) mass is 313 g/mol. The molecule has 0 aliphatic rings. The lowest BCUT2D eigenvalue weighted by atomic mass is 10.1. The first kappa shape index (κ1) is 15.1. The fraction of sp³-hybridized carbons (Fsp3) is 0.312. The van der Waals surface area contributed by atoms with Gasteiger partial charge < -0.3 is 9.30 Å². The minimum atomic E-state index is -0.252. The Morgan fingerprint density at radius 3 is 2.83 bits per heavy atom. The van der Waals surface area contributed by atoms with Crippen molar-refractivity contribution < 1.29 is 9.53 Å². The lowest BCUT2D eigenvalue weighted by Gasteiger charge is -2.02. The van der Waals surface area contributed by atoms with Crippen LogP contribution in [0.15, 0.2) is 24.4 Å². The molecular weight excluding hydrogens is 294 g/mol. The summed E-state index contributed by atoms with van der Waals surface area (Å²) in [4.78, 5) is 16.8. The molecule has 7 heteroatoms. The van der Waals surface area contributed by atoms with Gasteiger partial charge in [-0.2, -0.15) is 4.98 Å². The number of amides is 1. The SMILES string of the molecule is COc1ccc2c(c1)c(C(=O)Nc1n[nH]c(C(C)C)n1)cn2C. The number of hydrogen-bond donors (Lipinski definition) is 2. The highest BCUT2D eigenvalue weighted by molar-refractivity contribution is 6.12. The minimum absolute atomic E-state index is 0.218. The Morgan fingerprint density at radius 2 is 2.17 bits per heavy atom. The van der Waals surface area contributed by atoms with E-state index in [1.807, 2.05) is 43.7 Å². The summed E-state index contributed by atoms with van der Waals surface area (Å²) >= 11 is 0. The first-order valence-electron chi connectivity index (χ1n) is 7.36. The Bertz CT molecular complexity index is 863. The number of methoxy groups -OCH3 is 1. The fourth-order valence-corrected chi connectivity index (χ4v) is 2.44. The largest absolute Gasteiger partial charge is 0.497 e. The second-order valence-corrected chi connectivity index (χ2v) is 5.69. The number of aryl methyl sites for hydroxylation is 1. The lowest BCUT2D eigenvalue weighted by molar-refractivity contribution is 0.102. The van der Waals surface area contributed by atoms with Gasteiger partial charge in [0.2, 0.25) is 5.95 Å². The standard InChI is InChI=1S/C16H19N5O2/c1-9(2)14-17-16(20-19-14)18-15(22)12-8-21(3)13-6-5-10(23-4)7-11(12)13/h5-9H,1-4H3,(H2,17,18,19,20,22). The van der Waals surface area contributed by atoms with E-state index in [-0.39, 0.29) is 17.8 Å². The first-order valence-corrected chi connectivity index (χ1v) is 7.36. The van der Waals surface area contributed by atoms with Gasteiger partial charge in [-0.15, -0.1) is 5.10 Å². The number of nitrogens with one attached hydrogen (secondary N) is 2. The van der Waals surface area contributed by atoms with E-state index in [1.165, 1.54) is 0 Å². The molecule has 120 valence electrons. The number of carbonyl (C=O) groups excluding carboxylic acids is 1. The van der Waals surface area contributed by atoms with Gasteiger partial charge in [-0.05, 0) is 18.2 Å². The number of rotatable bonds is 4. The summed E-state index contributed by atoms with van der Waals surface area (Å²) in [6.45, 7) is 4.01. The van der Waals surface area contributed by atoms with E-state index < -0.39 is 0 Å². The fourth-order valence-electron chi connectivity index (χ4n) is 2.44. The highest BCUT2D eigenvalue weighted by Crippen LogP contribution is 2.26. The van der Waals surface area contributed by atoms with Crippen LogP contribution in [0.4, 0.5) is 5.95 Å². The number of nitrogens with zero attached hydrogens (tertiary/aromatic N) is 3. The van der Waals surface area contributed by atoms with Crippen molar-refractivity contribution in [3.8, 4) is 5.75 Å². The Hall–Kier alpha value is -2.83. The van der Waals surface area contributed by atoms with Crippen LogP contribution in [0.3, 0.4) is 0 Å². The van der Waals surface area contributed by atoms with Gasteiger partial charge in [0.05, 0.1) is 12.7 Å². The molecule has 7 nitrogen and oxygen atoms in total. The Kier molecular flexibility index (Phi) is 3.77. The predicted molar refractivity (Wildman–Crippen MR) is 87.9 cm³/mol. The second kappa shape index (κ2) is 5.75. The van der Waals surface area contributed by atoms with E-state index in [4.69, 9.17) is 4.74 Å². The third kappa shape index (κ3) is 2.77. The van der Waals surface area contributed by atoms with E-state index in [1.54, 1.807) is 13.3 Å². The molecule has 0 aliphatic carbocycles. The van der Waals surface area contributed by atoms with Crippen LogP contribution in [-0.2, 0) is 7.05 Å². The van der Waals surface area contributed by atoms with Crippen molar-refractivity contribution in [1.29, 1.82) is 0 Å². The zero-order chi connectivity index (χ0) is 16.6. The third-order valence-corrected chi connectivity index (χ3v) is 3.72. The van der Waals surface area contributed by atoms with Crippen molar-refractivity contribution in [3.05, 3.63) is 35.8 Å². The Labute approximate surface area is 133 Å². The number of carbonyl (C=O) groups is 1. The maximum Gasteiger partial charge on any atom is 0.260 e. The number of ether oxygens (including phenoxy) is 1. The number of H-pyrrole nitrogens is 1. The van der Waals surface area contributed by atoms with Crippen LogP contribution in [0, 0.1) is 0 Å². The molecule has 0 atom stereocenters. The van der Waals surface area contributed by atoms with Crippen LogP contribution in [0.5, 0.6) is 5.75 Å². The van der Waals surface area contributed by atoms with Crippen LogP contribution < -0.4 is 10.1 Å². The van der Waals surface area contributed by atoms with E-state index >= 15 is 0 Å². The topological polar surface area (TPSA) is 84.8 Å². The van der Waals surface area contributed by atoms with Crippen molar-refractivity contribution >= 4 is 22.8 Å². The van der Waals surface area contributed by atoms with E-state index in [0.29, 0.717) is 11.3 Å². The molecule has 2 heterocycles. The van der Waals surface area contributed by atoms with Gasteiger partial charge >= 0.3 is 0 Å². The van der Waals surface area contributed by atoms with Crippen molar-refractivity contribution in [2.45, 2.75) is 19.8 Å². The van der Waals surface area contributed by atoms with Gasteiger partial charge in [-0.1, -0.05) is 13.8 Å². The molecular formula is C16H19N5O2. The van der Waals surface area contributed by atoms with Crippen molar-refractivity contribution in [1.82, 2.24) is 19.7 Å². The molecule has 0 fully saturated rings. The van der Waals surface area contributed by atoms with Gasteiger partial charge in [0.15, 0.2) is 0 Å². The molecule has 0 unspecified atom stereocenters. The summed E-state index contributed by atoms with van der Waals surface area (Å²) in [6.07, 6.45) is 1.79. The summed E-state index contributed by atoms with van der Waals surface area (Å²) in [5.41, 5.74) is 1.51. The highest BCUT2D eigenvalue weighted by Gasteiger charge is 2.17. The molecule has 0 aliphatic heterocycles. The smallest absolute Gasteiger partial charge is 0.260 e. The van der Waals surface area contributed by atoms with Crippen LogP contribution in [0.25, 0.3) is 10.9 Å². The van der Waals surface area contributed by atoms with E-state index in [0.717, 1.165) is 16.7 Å². The van der Waals surface area contributed by atoms with Gasteiger partial charge in [0.25, 0.3) is 5.91 Å². The van der Waals surface area contributed by atoms with E-state index in [9.17, 15) is 4.79 Å². The summed E-state index contributed by atoms with van der Waals surface area (Å²) < 4.78 is 7.15. The Morgan fingerprint density at radius 1 is 1.39 bits per heavy atom. The van der Waals surface area contributed by atoms with Crippen LogP contribution in [0.1, 0.15) is 35.9 Å². The van der Waals surface area contributed by atoms with Gasteiger partial charge in [0.1, 0.15) is 11.6 Å². The van der Waals surface area contributed by atoms with Crippen LogP contribution in [0.2, 0.25) is 0 Å². The number of anilines is 1. The lowest BCUT2D eigenvalue weighted by Crippen LogP contribution is -2.12. The molecule has 0 bridgehead atoms. The molecule has 1 aromatic carbocycles. The molecule has 0 radical (unpaired) electrons. The van der Waals surface area contributed by atoms with Gasteiger partial charge in [-0.25, -0.2) is 0 Å². The molecule has 2 N–H and O–H groups in total. The van der Waals surface area contributed by atoms with Crippen molar-refractivity contribution in [2.24, 2.45) is 7.05 Å². The molecule has 1 amide bonds. The summed E-state index contributed by atoms with van der Waals surface area (Å²) in [6, 6.07) is 5.64. The summed E-state index contributed by atoms with van der Waals surface area (Å²) in [7, 11) is 3.50. The summed E-state index contributed by atoms with van der Waals surface area (Å²) in [5.74, 6) is 1.68. The predicted octanol–water partition coefficient (Wildman–Crippen LogP) is 2.68. The highest BCUT2D eigenvalue weighted by atomic mass is 16.5. The molecule has 0 saturated carbocycles. The maximum absolute atomic E-state index is 12.6. The first-order chi connectivity index (χ1) is 11.0. The average Bonchev–Trinajstić information content (AvgIpc) is 3.12. The normalized spacial score (nSPS) is 11.2. The molecule has 3 aromatic rings. The van der Waals surface area contributed by atoms with Gasteiger partial charge in [0, 0.05) is 30.1 Å². The van der Waals surface area contributed by atoms with Crippen LogP contribution in [-0.4, -0.2) is 32.8 Å². The van der Waals surface area contributed by atoms with Crippen LogP contribution >= 0.6 is 0 Å². The van der Waals surface area contributed by atoms with Crippen molar-refractivity contribution in [3.63, 3.8) is 0 Å². The molecule has 0 saturated heterocycles. The zero-order valence-corrected chi connectivity index (χ0v) is 13.5. The molecule has 3 rings (SSSR count). The average molecular weight is 313 g/mol. The number of hydrogen-bond acceptors (Lipinski definition) is 4. The third-order valence-electron chi connectivity index (χ3n) is 3.72. The van der Waals surface area contributed by atoms with Crippen molar-refractivity contribution in [2.75, 3.05) is 12.4 Å². The van der Waals surface area contributed by atoms with E-state index in [2.05, 4.69) is 20.5 Å². The molecule has 2 aromatic heterocycles. The van der Waals surface area contributed by atoms with Gasteiger partial charge in [-0.3, -0.25) is 15.2 Å². The number of aromatic nitrogens is 4. The quantitative estimate of drug-likeness (QED) is 0.775. The molecule has 0 spiro atoms. The second-order valence-electron chi connectivity index (χ2n) is 5.69. The minimum Gasteiger partial charge on any atom is -0.497 e. The molecule has 23 heavy (non-hydrogen) atoms. The number of aromatic amines is 1. The zero-order valence-electron chi connectivity index (χ0n) is 13.5. The summed E-state index contributed by atoms with van der Waals surface area (Å²) in [5, 5.41) is 10.4.